The van der Waals surface area contributed by atoms with Crippen LogP contribution in [0, 0.1) is 0 Å². The van der Waals surface area contributed by atoms with Crippen molar-refractivity contribution in [3.8, 4) is 0 Å². The molecule has 0 bridgehead atoms. The first-order chi connectivity index (χ1) is 7.06. The molecule has 0 aliphatic rings. The van der Waals surface area contributed by atoms with Crippen LogP contribution in [0.5, 0.6) is 0 Å². The van der Waals surface area contributed by atoms with Gasteiger partial charge < -0.3 is 10.1 Å². The maximum atomic E-state index is 11.1. The molecule has 0 rings (SSSR count). The molecule has 4 heteroatoms. The van der Waals surface area contributed by atoms with E-state index in [2.05, 4.69) is 5.32 Å². The van der Waals surface area contributed by atoms with Crippen molar-refractivity contribution in [3.63, 3.8) is 0 Å². The molecule has 1 N–H and O–H groups in total. The number of amides is 1. The second kappa shape index (κ2) is 8.17. The molecule has 0 aliphatic heterocycles. The van der Waals surface area contributed by atoms with E-state index in [0.29, 0.717) is 19.6 Å². The summed E-state index contributed by atoms with van der Waals surface area (Å²) in [6, 6.07) is 0. The number of nitrogens with one attached hydrogen (secondary N) is 1. The fraction of sp³-hybridized carbons (Fsp3) is 0.636. The van der Waals surface area contributed by atoms with E-state index in [0.717, 1.165) is 0 Å². The molecule has 0 aliphatic carbocycles. The number of hydrogen-bond acceptors (Lipinski definition) is 3. The molecule has 15 heavy (non-hydrogen) atoms. The smallest absolute Gasteiger partial charge is 0.244 e. The van der Waals surface area contributed by atoms with E-state index in [9.17, 15) is 9.59 Å². The second-order valence-electron chi connectivity index (χ2n) is 3.36. The third-order valence-corrected chi connectivity index (χ3v) is 1.62. The van der Waals surface area contributed by atoms with Gasteiger partial charge in [0, 0.05) is 20.5 Å². The minimum atomic E-state index is -0.260. The lowest BCUT2D eigenvalue weighted by Crippen LogP contribution is -2.26. The molecule has 88 valence electrons. The lowest BCUT2D eigenvalue weighted by atomic mass is 10.3. The van der Waals surface area contributed by atoms with Crippen LogP contribution < -0.4 is 5.32 Å². The Balaban J connectivity index is 0. The standard InChI is InChI=1S/C11H19NO3.H2/c1-4-10(13)5-6-11(14)12-7-8-15-9(2)3;/h5-6,9H,4,7-8H2,1-3H3,(H,12,14);1H/b6-5+;. The van der Waals surface area contributed by atoms with Crippen LogP contribution in [0.15, 0.2) is 12.2 Å². The minimum Gasteiger partial charge on any atom is -0.377 e. The Hall–Kier alpha value is -1.16. The second-order valence-corrected chi connectivity index (χ2v) is 3.36. The van der Waals surface area contributed by atoms with Crippen LogP contribution in [-0.4, -0.2) is 30.9 Å². The van der Waals surface area contributed by atoms with Crippen molar-refractivity contribution < 1.29 is 15.8 Å². The van der Waals surface area contributed by atoms with Crippen molar-refractivity contribution in [2.75, 3.05) is 13.2 Å². The molecule has 0 aromatic carbocycles. The van der Waals surface area contributed by atoms with Crippen LogP contribution in [0.3, 0.4) is 0 Å². The average molecular weight is 215 g/mol. The van der Waals surface area contributed by atoms with E-state index in [-0.39, 0.29) is 19.2 Å². The van der Waals surface area contributed by atoms with Gasteiger partial charge in [0.25, 0.3) is 0 Å². The van der Waals surface area contributed by atoms with Crippen molar-refractivity contribution in [2.24, 2.45) is 0 Å². The highest BCUT2D eigenvalue weighted by atomic mass is 16.5. The van der Waals surface area contributed by atoms with Crippen molar-refractivity contribution >= 4 is 11.7 Å². The van der Waals surface area contributed by atoms with Gasteiger partial charge in [-0.15, -0.1) is 0 Å². The molecule has 0 aromatic rings. The highest BCUT2D eigenvalue weighted by Gasteiger charge is 1.97. The van der Waals surface area contributed by atoms with Crippen molar-refractivity contribution in [1.29, 1.82) is 0 Å². The molecule has 0 heterocycles. The summed E-state index contributed by atoms with van der Waals surface area (Å²) in [5, 5.41) is 2.61. The van der Waals surface area contributed by atoms with Crippen LogP contribution >= 0.6 is 0 Å². The molecule has 0 fully saturated rings. The Morgan fingerprint density at radius 2 is 2.07 bits per heavy atom. The van der Waals surface area contributed by atoms with Gasteiger partial charge in [0.15, 0.2) is 5.78 Å². The Morgan fingerprint density at radius 1 is 1.40 bits per heavy atom. The Morgan fingerprint density at radius 3 is 2.60 bits per heavy atom. The molecule has 0 atom stereocenters. The maximum absolute atomic E-state index is 11.1. The van der Waals surface area contributed by atoms with E-state index in [1.54, 1.807) is 6.92 Å². The van der Waals surface area contributed by atoms with Gasteiger partial charge in [-0.1, -0.05) is 6.92 Å². The Kier molecular flexibility index (Phi) is 7.54. The van der Waals surface area contributed by atoms with E-state index >= 15 is 0 Å². The van der Waals surface area contributed by atoms with E-state index < -0.39 is 0 Å². The zero-order valence-electron chi connectivity index (χ0n) is 9.58. The summed E-state index contributed by atoms with van der Waals surface area (Å²) in [6.45, 7) is 6.56. The predicted molar refractivity (Wildman–Crippen MR) is 60.6 cm³/mol. The van der Waals surface area contributed by atoms with Crippen molar-refractivity contribution in [1.82, 2.24) is 5.32 Å². The first kappa shape index (κ1) is 13.8. The van der Waals surface area contributed by atoms with Crippen LogP contribution in [0.4, 0.5) is 0 Å². The summed E-state index contributed by atoms with van der Waals surface area (Å²) in [6.07, 6.45) is 3.12. The summed E-state index contributed by atoms with van der Waals surface area (Å²) in [5.74, 6) is -0.312. The highest BCUT2D eigenvalue weighted by molar-refractivity contribution is 5.97. The third kappa shape index (κ3) is 9.15. The normalized spacial score (nSPS) is 10.9. The van der Waals surface area contributed by atoms with Gasteiger partial charge in [0.2, 0.25) is 5.91 Å². The first-order valence-electron chi connectivity index (χ1n) is 5.16. The van der Waals surface area contributed by atoms with E-state index in [1.165, 1.54) is 12.2 Å². The number of carbonyl (C=O) groups is 2. The molecule has 4 nitrogen and oxygen atoms in total. The van der Waals surface area contributed by atoms with Gasteiger partial charge in [0.1, 0.15) is 0 Å². The van der Waals surface area contributed by atoms with Crippen molar-refractivity contribution in [3.05, 3.63) is 12.2 Å². The predicted octanol–water partition coefficient (Wildman–Crippen LogP) is 1.31. The molecule has 0 radical (unpaired) electrons. The van der Waals surface area contributed by atoms with Crippen LogP contribution in [0.2, 0.25) is 0 Å². The zero-order valence-corrected chi connectivity index (χ0v) is 9.58. The van der Waals surface area contributed by atoms with E-state index in [1.807, 2.05) is 13.8 Å². The fourth-order valence-corrected chi connectivity index (χ4v) is 0.814. The first-order valence-corrected chi connectivity index (χ1v) is 5.16. The van der Waals surface area contributed by atoms with Gasteiger partial charge in [-0.25, -0.2) is 0 Å². The number of carbonyl (C=O) groups excluding carboxylic acids is 2. The van der Waals surface area contributed by atoms with E-state index in [4.69, 9.17) is 4.74 Å². The summed E-state index contributed by atoms with van der Waals surface area (Å²) < 4.78 is 5.23. The summed E-state index contributed by atoms with van der Waals surface area (Å²) in [4.78, 5) is 21.9. The SMILES string of the molecule is CCC(=O)/C=C/C(=O)NCCOC(C)C.[HH]. The van der Waals surface area contributed by atoms with Gasteiger partial charge >= 0.3 is 0 Å². The van der Waals surface area contributed by atoms with Gasteiger partial charge in [-0.2, -0.15) is 0 Å². The molecule has 1 amide bonds. The Labute approximate surface area is 92.2 Å². The summed E-state index contributed by atoms with van der Waals surface area (Å²) in [5.41, 5.74) is 0. The largest absolute Gasteiger partial charge is 0.377 e. The lowest BCUT2D eigenvalue weighted by Gasteiger charge is -2.06. The number of hydrogen-bond donors (Lipinski definition) is 1. The van der Waals surface area contributed by atoms with Crippen LogP contribution in [0.1, 0.15) is 28.6 Å². The minimum absolute atomic E-state index is 0. The number of allylic oxidation sites excluding steroid dienone is 1. The lowest BCUT2D eigenvalue weighted by molar-refractivity contribution is -0.118. The Bertz CT molecular complexity index is 239. The molecule has 0 saturated heterocycles. The monoisotopic (exact) mass is 215 g/mol. The third-order valence-electron chi connectivity index (χ3n) is 1.62. The van der Waals surface area contributed by atoms with Crippen LogP contribution in [-0.2, 0) is 14.3 Å². The number of ketones is 1. The topological polar surface area (TPSA) is 55.4 Å². The zero-order chi connectivity index (χ0) is 11.7. The van der Waals surface area contributed by atoms with Gasteiger partial charge in [-0.05, 0) is 19.9 Å². The summed E-state index contributed by atoms with van der Waals surface area (Å²) >= 11 is 0. The molecule has 0 aromatic heterocycles. The summed E-state index contributed by atoms with van der Waals surface area (Å²) in [7, 11) is 0. The number of ether oxygens (including phenoxy) is 1. The molecular formula is C11H21NO3. The van der Waals surface area contributed by atoms with Gasteiger partial charge in [0.05, 0.1) is 12.7 Å². The van der Waals surface area contributed by atoms with Crippen molar-refractivity contribution in [2.45, 2.75) is 33.3 Å². The quantitative estimate of drug-likeness (QED) is 0.514. The molecule has 0 unspecified atom stereocenters. The highest BCUT2D eigenvalue weighted by Crippen LogP contribution is 1.86. The van der Waals surface area contributed by atoms with Gasteiger partial charge in [-0.3, -0.25) is 9.59 Å². The number of rotatable bonds is 7. The maximum Gasteiger partial charge on any atom is 0.244 e. The van der Waals surface area contributed by atoms with Crippen LogP contribution in [0.25, 0.3) is 0 Å². The molecular weight excluding hydrogens is 194 g/mol. The average Bonchev–Trinajstić information content (AvgIpc) is 2.20. The molecule has 0 saturated carbocycles. The fourth-order valence-electron chi connectivity index (χ4n) is 0.814. The molecule has 0 spiro atoms.